The summed E-state index contributed by atoms with van der Waals surface area (Å²) in [5.74, 6) is -0.730. The van der Waals surface area contributed by atoms with E-state index >= 15 is 0 Å². The number of nitrogens with zero attached hydrogens (tertiary/aromatic N) is 3. The topological polar surface area (TPSA) is 58.7 Å². The van der Waals surface area contributed by atoms with E-state index in [1.54, 1.807) is 18.2 Å². The fraction of sp³-hybridized carbons (Fsp3) is 0. The molecular weight excluding hydrogens is 328 g/mol. The van der Waals surface area contributed by atoms with Gasteiger partial charge in [0, 0.05) is 11.5 Å². The summed E-state index contributed by atoms with van der Waals surface area (Å²) in [5, 5.41) is 8.94. The predicted molar refractivity (Wildman–Crippen MR) is 82.0 cm³/mol. The Bertz CT molecular complexity index is 1010. The summed E-state index contributed by atoms with van der Waals surface area (Å²) in [7, 11) is 0. The predicted octanol–water partition coefficient (Wildman–Crippen LogP) is 3.70. The van der Waals surface area contributed by atoms with Crippen molar-refractivity contribution >= 4 is 34.2 Å². The van der Waals surface area contributed by atoms with Crippen LogP contribution in [0.2, 0.25) is 10.2 Å². The molecular formula is C15H6Cl2FN3O. The first kappa shape index (κ1) is 14.5. The zero-order valence-electron chi connectivity index (χ0n) is 10.8. The van der Waals surface area contributed by atoms with E-state index < -0.39 is 11.4 Å². The molecule has 0 aliphatic carbocycles. The van der Waals surface area contributed by atoms with Crippen LogP contribution >= 0.6 is 23.2 Å². The van der Waals surface area contributed by atoms with Gasteiger partial charge >= 0.3 is 0 Å². The molecule has 0 bridgehead atoms. The highest BCUT2D eigenvalue weighted by atomic mass is 35.5. The van der Waals surface area contributed by atoms with Crippen LogP contribution in [0.1, 0.15) is 5.56 Å². The van der Waals surface area contributed by atoms with Crippen LogP contribution in [0.15, 0.2) is 41.2 Å². The second kappa shape index (κ2) is 5.41. The number of fused-ring (bicyclic) bond motifs is 1. The van der Waals surface area contributed by atoms with Crippen molar-refractivity contribution in [2.75, 3.05) is 0 Å². The molecule has 0 radical (unpaired) electrons. The Morgan fingerprint density at radius 3 is 2.73 bits per heavy atom. The summed E-state index contributed by atoms with van der Waals surface area (Å²) >= 11 is 11.7. The molecule has 0 saturated carbocycles. The Morgan fingerprint density at radius 2 is 2.00 bits per heavy atom. The summed E-state index contributed by atoms with van der Waals surface area (Å²) < 4.78 is 14.8. The van der Waals surface area contributed by atoms with Gasteiger partial charge in [-0.25, -0.2) is 9.37 Å². The quantitative estimate of drug-likeness (QED) is 0.638. The average molecular weight is 334 g/mol. The number of pyridine rings is 2. The van der Waals surface area contributed by atoms with E-state index in [0.717, 1.165) is 12.1 Å². The van der Waals surface area contributed by atoms with Crippen molar-refractivity contribution < 1.29 is 4.39 Å². The van der Waals surface area contributed by atoms with Crippen LogP contribution in [0.25, 0.3) is 16.7 Å². The molecule has 0 spiro atoms. The van der Waals surface area contributed by atoms with Crippen molar-refractivity contribution in [3.05, 3.63) is 68.3 Å². The molecule has 2 heterocycles. The van der Waals surface area contributed by atoms with E-state index in [9.17, 15) is 9.18 Å². The maximum atomic E-state index is 13.6. The zero-order chi connectivity index (χ0) is 15.9. The van der Waals surface area contributed by atoms with Crippen molar-refractivity contribution in [1.29, 1.82) is 5.26 Å². The van der Waals surface area contributed by atoms with Gasteiger partial charge in [-0.15, -0.1) is 0 Å². The summed E-state index contributed by atoms with van der Waals surface area (Å²) in [6.45, 7) is 0. The minimum Gasteiger partial charge on any atom is -0.269 e. The lowest BCUT2D eigenvalue weighted by Gasteiger charge is -2.11. The SMILES string of the molecule is N#Cc1cccc(-n2c(=O)cc(Cl)c3cc(F)c(Cl)nc32)c1. The van der Waals surface area contributed by atoms with Crippen LogP contribution in [0, 0.1) is 17.1 Å². The fourth-order valence-corrected chi connectivity index (χ4v) is 2.49. The molecule has 0 unspecified atom stereocenters. The van der Waals surface area contributed by atoms with E-state index in [0.29, 0.717) is 11.3 Å². The number of benzene rings is 1. The first-order valence-electron chi connectivity index (χ1n) is 6.09. The molecule has 0 amide bonds. The highest BCUT2D eigenvalue weighted by Crippen LogP contribution is 2.26. The molecule has 0 aliphatic heterocycles. The summed E-state index contributed by atoms with van der Waals surface area (Å²) in [6, 6.07) is 10.7. The van der Waals surface area contributed by atoms with Gasteiger partial charge in [0.2, 0.25) is 0 Å². The van der Waals surface area contributed by atoms with Gasteiger partial charge in [0.15, 0.2) is 16.6 Å². The van der Waals surface area contributed by atoms with Gasteiger partial charge in [-0.1, -0.05) is 29.3 Å². The Hall–Kier alpha value is -2.42. The summed E-state index contributed by atoms with van der Waals surface area (Å²) in [6.07, 6.45) is 0. The third kappa shape index (κ3) is 2.33. The number of nitriles is 1. The van der Waals surface area contributed by atoms with E-state index in [4.69, 9.17) is 28.5 Å². The van der Waals surface area contributed by atoms with Crippen LogP contribution in [-0.4, -0.2) is 9.55 Å². The van der Waals surface area contributed by atoms with Crippen molar-refractivity contribution in [3.63, 3.8) is 0 Å². The van der Waals surface area contributed by atoms with E-state index in [-0.39, 0.29) is 21.2 Å². The molecule has 3 rings (SSSR count). The normalized spacial score (nSPS) is 10.6. The van der Waals surface area contributed by atoms with E-state index in [1.807, 2.05) is 6.07 Å². The summed E-state index contributed by atoms with van der Waals surface area (Å²) in [5.41, 5.74) is 0.461. The molecule has 22 heavy (non-hydrogen) atoms. The summed E-state index contributed by atoms with van der Waals surface area (Å²) in [4.78, 5) is 16.2. The average Bonchev–Trinajstić information content (AvgIpc) is 2.50. The van der Waals surface area contributed by atoms with Gasteiger partial charge in [0.25, 0.3) is 5.56 Å². The lowest BCUT2D eigenvalue weighted by molar-refractivity contribution is 0.624. The second-order valence-electron chi connectivity index (χ2n) is 4.46. The number of halogens is 3. The molecule has 108 valence electrons. The maximum Gasteiger partial charge on any atom is 0.258 e. The van der Waals surface area contributed by atoms with Crippen LogP contribution < -0.4 is 5.56 Å². The third-order valence-electron chi connectivity index (χ3n) is 3.09. The fourth-order valence-electron chi connectivity index (χ4n) is 2.12. The van der Waals surface area contributed by atoms with Gasteiger partial charge in [-0.3, -0.25) is 9.36 Å². The van der Waals surface area contributed by atoms with Crippen molar-refractivity contribution in [2.24, 2.45) is 0 Å². The van der Waals surface area contributed by atoms with Crippen LogP contribution in [0.3, 0.4) is 0 Å². The Balaban J connectivity index is 2.45. The van der Waals surface area contributed by atoms with Gasteiger partial charge in [0.05, 0.1) is 22.3 Å². The first-order valence-corrected chi connectivity index (χ1v) is 6.84. The minimum atomic E-state index is -0.730. The molecule has 2 aromatic heterocycles. The lowest BCUT2D eigenvalue weighted by Crippen LogP contribution is -2.19. The van der Waals surface area contributed by atoms with Crippen molar-refractivity contribution in [3.8, 4) is 11.8 Å². The number of hydrogen-bond acceptors (Lipinski definition) is 3. The highest BCUT2D eigenvalue weighted by molar-refractivity contribution is 6.35. The Morgan fingerprint density at radius 1 is 1.23 bits per heavy atom. The van der Waals surface area contributed by atoms with Crippen molar-refractivity contribution in [2.45, 2.75) is 0 Å². The monoisotopic (exact) mass is 333 g/mol. The van der Waals surface area contributed by atoms with Gasteiger partial charge in [-0.05, 0) is 24.3 Å². The minimum absolute atomic E-state index is 0.0794. The van der Waals surface area contributed by atoms with Crippen LogP contribution in [0.5, 0.6) is 0 Å². The molecule has 7 heteroatoms. The van der Waals surface area contributed by atoms with E-state index in [1.165, 1.54) is 10.6 Å². The van der Waals surface area contributed by atoms with Crippen molar-refractivity contribution in [1.82, 2.24) is 9.55 Å². The van der Waals surface area contributed by atoms with Gasteiger partial charge in [0.1, 0.15) is 0 Å². The molecule has 3 aromatic rings. The van der Waals surface area contributed by atoms with Crippen LogP contribution in [-0.2, 0) is 0 Å². The lowest BCUT2D eigenvalue weighted by atomic mass is 10.2. The molecule has 0 aliphatic rings. The second-order valence-corrected chi connectivity index (χ2v) is 5.23. The smallest absolute Gasteiger partial charge is 0.258 e. The maximum absolute atomic E-state index is 13.6. The van der Waals surface area contributed by atoms with Gasteiger partial charge < -0.3 is 0 Å². The number of rotatable bonds is 1. The molecule has 0 fully saturated rings. The first-order chi connectivity index (χ1) is 10.5. The largest absolute Gasteiger partial charge is 0.269 e. The Labute approximate surface area is 134 Å². The number of aromatic nitrogens is 2. The zero-order valence-corrected chi connectivity index (χ0v) is 12.4. The third-order valence-corrected chi connectivity index (χ3v) is 3.66. The Kier molecular flexibility index (Phi) is 3.57. The molecule has 0 N–H and O–H groups in total. The van der Waals surface area contributed by atoms with Crippen LogP contribution in [0.4, 0.5) is 4.39 Å². The standard InChI is InChI=1S/C15H6Cl2FN3O/c16-11-6-13(22)21(9-3-1-2-8(4-9)7-19)15-10(11)5-12(18)14(17)20-15/h1-6H. The molecule has 0 atom stereocenters. The molecule has 0 saturated heterocycles. The molecule has 1 aromatic carbocycles. The number of hydrogen-bond donors (Lipinski definition) is 0. The molecule has 4 nitrogen and oxygen atoms in total. The van der Waals surface area contributed by atoms with E-state index in [2.05, 4.69) is 4.98 Å². The highest BCUT2D eigenvalue weighted by Gasteiger charge is 2.14. The van der Waals surface area contributed by atoms with Gasteiger partial charge in [-0.2, -0.15) is 5.26 Å².